The van der Waals surface area contributed by atoms with Gasteiger partial charge in [-0.2, -0.15) is 0 Å². The molecule has 1 saturated heterocycles. The molecule has 138 valence electrons. The lowest BCUT2D eigenvalue weighted by atomic mass is 10.1. The molecular weight excluding hydrogens is 376 g/mol. The highest BCUT2D eigenvalue weighted by Crippen LogP contribution is 2.28. The molecule has 3 rings (SSSR count). The monoisotopic (exact) mass is 394 g/mol. The Morgan fingerprint density at radius 3 is 2.65 bits per heavy atom. The van der Waals surface area contributed by atoms with E-state index >= 15 is 0 Å². The van der Waals surface area contributed by atoms with Gasteiger partial charge < -0.3 is 4.90 Å². The zero-order valence-corrected chi connectivity index (χ0v) is 15.8. The van der Waals surface area contributed by atoms with Crippen LogP contribution in [0.4, 0.5) is 5.69 Å². The molecule has 1 aromatic carbocycles. The van der Waals surface area contributed by atoms with Gasteiger partial charge in [0.05, 0.1) is 23.0 Å². The number of hydrogen-bond acceptors (Lipinski definition) is 6. The summed E-state index contributed by atoms with van der Waals surface area (Å²) >= 11 is 1.48. The predicted molar refractivity (Wildman–Crippen MR) is 99.1 cm³/mol. The number of nitrogens with zero attached hydrogens (tertiary/aromatic N) is 2. The molecule has 1 aromatic heterocycles. The minimum absolute atomic E-state index is 0.0176. The minimum atomic E-state index is -3.20. The summed E-state index contributed by atoms with van der Waals surface area (Å²) < 4.78 is 23.8. The van der Waals surface area contributed by atoms with Crippen LogP contribution in [0.2, 0.25) is 0 Å². The molecule has 1 aliphatic rings. The molecule has 7 nitrogen and oxygen atoms in total. The molecule has 0 N–H and O–H groups in total. The largest absolute Gasteiger partial charge is 0.329 e. The summed E-state index contributed by atoms with van der Waals surface area (Å²) in [6.45, 7) is 2.17. The maximum atomic E-state index is 13.1. The maximum absolute atomic E-state index is 13.1. The first-order valence-corrected chi connectivity index (χ1v) is 10.8. The molecule has 1 atom stereocenters. The van der Waals surface area contributed by atoms with Crippen molar-refractivity contribution in [3.63, 3.8) is 0 Å². The number of benzene rings is 1. The van der Waals surface area contributed by atoms with Gasteiger partial charge >= 0.3 is 0 Å². The van der Waals surface area contributed by atoms with E-state index in [1.165, 1.54) is 34.4 Å². The molecule has 9 heteroatoms. The number of nitro groups is 1. The fourth-order valence-electron chi connectivity index (χ4n) is 3.08. The number of rotatable bonds is 5. The van der Waals surface area contributed by atoms with Crippen LogP contribution < -0.4 is 0 Å². The highest BCUT2D eigenvalue weighted by atomic mass is 32.2. The smallest absolute Gasteiger partial charge is 0.282 e. The lowest BCUT2D eigenvalue weighted by Gasteiger charge is -2.28. The normalized spacial score (nSPS) is 18.6. The first kappa shape index (κ1) is 18.5. The van der Waals surface area contributed by atoms with E-state index in [1.54, 1.807) is 6.07 Å². The second-order valence-corrected chi connectivity index (χ2v) is 9.52. The number of amides is 1. The van der Waals surface area contributed by atoms with Crippen molar-refractivity contribution in [3.05, 3.63) is 61.8 Å². The van der Waals surface area contributed by atoms with Gasteiger partial charge in [-0.1, -0.05) is 12.1 Å². The van der Waals surface area contributed by atoms with Gasteiger partial charge in [0.25, 0.3) is 11.6 Å². The summed E-state index contributed by atoms with van der Waals surface area (Å²) in [6.07, 6.45) is 0.346. The zero-order chi connectivity index (χ0) is 18.9. The number of carbonyl (C=O) groups excluding carboxylic acids is 1. The number of aryl methyl sites for hydroxylation is 1. The average molecular weight is 394 g/mol. The Labute approximate surface area is 155 Å². The van der Waals surface area contributed by atoms with Crippen molar-refractivity contribution < 1.29 is 18.1 Å². The van der Waals surface area contributed by atoms with Crippen molar-refractivity contribution in [2.24, 2.45) is 0 Å². The summed E-state index contributed by atoms with van der Waals surface area (Å²) in [5.74, 6) is -0.585. The molecule has 0 spiro atoms. The number of nitro benzene ring substituents is 1. The molecule has 0 radical (unpaired) electrons. The third-order valence-electron chi connectivity index (χ3n) is 4.52. The van der Waals surface area contributed by atoms with E-state index in [0.29, 0.717) is 6.42 Å². The van der Waals surface area contributed by atoms with Crippen molar-refractivity contribution in [2.75, 3.05) is 11.5 Å². The predicted octanol–water partition coefficient (Wildman–Crippen LogP) is 2.79. The van der Waals surface area contributed by atoms with Gasteiger partial charge in [0.2, 0.25) is 0 Å². The number of thiophene rings is 1. The third-order valence-corrected chi connectivity index (χ3v) is 7.28. The van der Waals surface area contributed by atoms with Crippen molar-refractivity contribution in [1.82, 2.24) is 4.90 Å². The molecule has 26 heavy (non-hydrogen) atoms. The lowest BCUT2D eigenvalue weighted by molar-refractivity contribution is -0.385. The van der Waals surface area contributed by atoms with Gasteiger partial charge in [-0.25, -0.2) is 8.42 Å². The van der Waals surface area contributed by atoms with Gasteiger partial charge in [0.1, 0.15) is 5.56 Å². The second-order valence-electron chi connectivity index (χ2n) is 6.29. The van der Waals surface area contributed by atoms with Crippen molar-refractivity contribution in [2.45, 2.75) is 25.9 Å². The Balaban J connectivity index is 1.99. The lowest BCUT2D eigenvalue weighted by Crippen LogP contribution is -2.40. The molecule has 1 fully saturated rings. The molecule has 2 heterocycles. The Bertz CT molecular complexity index is 952. The van der Waals surface area contributed by atoms with Crippen molar-refractivity contribution in [3.8, 4) is 0 Å². The van der Waals surface area contributed by atoms with Crippen LogP contribution in [0.25, 0.3) is 0 Å². The molecular formula is C17H18N2O5S2. The van der Waals surface area contributed by atoms with Gasteiger partial charge in [-0.3, -0.25) is 14.9 Å². The van der Waals surface area contributed by atoms with E-state index in [9.17, 15) is 23.3 Å². The van der Waals surface area contributed by atoms with E-state index in [2.05, 4.69) is 0 Å². The van der Waals surface area contributed by atoms with Crippen LogP contribution in [-0.4, -0.2) is 41.7 Å². The minimum Gasteiger partial charge on any atom is -0.329 e. The van der Waals surface area contributed by atoms with E-state index < -0.39 is 26.7 Å². The van der Waals surface area contributed by atoms with Crippen LogP contribution in [-0.2, 0) is 16.4 Å². The van der Waals surface area contributed by atoms with E-state index in [1.807, 2.05) is 18.4 Å². The van der Waals surface area contributed by atoms with Gasteiger partial charge in [0.15, 0.2) is 9.84 Å². The Morgan fingerprint density at radius 1 is 1.35 bits per heavy atom. The van der Waals surface area contributed by atoms with Crippen LogP contribution in [0.15, 0.2) is 35.7 Å². The topological polar surface area (TPSA) is 97.6 Å². The summed E-state index contributed by atoms with van der Waals surface area (Å²) in [5, 5.41) is 13.2. The van der Waals surface area contributed by atoms with Gasteiger partial charge in [-0.15, -0.1) is 11.3 Å². The summed E-state index contributed by atoms with van der Waals surface area (Å²) in [5.41, 5.74) is 0.721. The van der Waals surface area contributed by atoms with Gasteiger partial charge in [0, 0.05) is 17.0 Å². The first-order chi connectivity index (χ1) is 12.3. The number of para-hydroxylation sites is 1. The Kier molecular flexibility index (Phi) is 5.10. The standard InChI is InChI=1S/C17H18N2O5S2/c1-12-6-8-25-16(12)10-18(13-7-9-26(23,24)11-13)17(20)14-4-2-3-5-15(14)19(21)22/h2-6,8,13H,7,9-11H2,1H3. The van der Waals surface area contributed by atoms with E-state index in [4.69, 9.17) is 0 Å². The molecule has 0 aliphatic carbocycles. The van der Waals surface area contributed by atoms with Crippen LogP contribution >= 0.6 is 11.3 Å². The SMILES string of the molecule is Cc1ccsc1CN(C(=O)c1ccccc1[N+](=O)[O-])C1CCS(=O)(=O)C1. The second kappa shape index (κ2) is 7.16. The molecule has 2 aromatic rings. The van der Waals surface area contributed by atoms with Gasteiger partial charge in [-0.05, 0) is 36.4 Å². The maximum Gasteiger partial charge on any atom is 0.282 e. The number of hydrogen-bond donors (Lipinski definition) is 0. The van der Waals surface area contributed by atoms with Crippen molar-refractivity contribution in [1.29, 1.82) is 0 Å². The average Bonchev–Trinajstić information content (AvgIpc) is 3.16. The summed E-state index contributed by atoms with van der Waals surface area (Å²) in [6, 6.07) is 7.22. The van der Waals surface area contributed by atoms with Crippen LogP contribution in [0.3, 0.4) is 0 Å². The van der Waals surface area contributed by atoms with Crippen LogP contribution in [0.1, 0.15) is 27.2 Å². The first-order valence-electron chi connectivity index (χ1n) is 8.06. The van der Waals surface area contributed by atoms with Crippen LogP contribution in [0, 0.1) is 17.0 Å². The van der Waals surface area contributed by atoms with Crippen LogP contribution in [0.5, 0.6) is 0 Å². The molecule has 1 amide bonds. The third kappa shape index (κ3) is 3.78. The summed E-state index contributed by atoms with van der Waals surface area (Å²) in [4.78, 5) is 26.3. The highest BCUT2D eigenvalue weighted by Gasteiger charge is 2.37. The van der Waals surface area contributed by atoms with E-state index in [-0.39, 0.29) is 29.3 Å². The summed E-state index contributed by atoms with van der Waals surface area (Å²) in [7, 11) is -3.20. The fraction of sp³-hybridized carbons (Fsp3) is 0.353. The Morgan fingerprint density at radius 2 is 2.08 bits per heavy atom. The highest BCUT2D eigenvalue weighted by molar-refractivity contribution is 7.91. The zero-order valence-electron chi connectivity index (χ0n) is 14.1. The van der Waals surface area contributed by atoms with E-state index in [0.717, 1.165) is 10.4 Å². The van der Waals surface area contributed by atoms with Crippen molar-refractivity contribution >= 4 is 32.8 Å². The molecule has 1 unspecified atom stereocenters. The molecule has 1 aliphatic heterocycles. The fourth-order valence-corrected chi connectivity index (χ4v) is 5.71. The molecule has 0 saturated carbocycles. The number of carbonyl (C=O) groups is 1. The molecule has 0 bridgehead atoms. The number of sulfone groups is 1. The quantitative estimate of drug-likeness (QED) is 0.574. The Hall–Kier alpha value is -2.26.